The number of fused-ring (bicyclic) bond motifs is 13. The number of nitrogens with zero attached hydrogens (tertiary/aromatic N) is 7. The number of hydrogen-bond donors (Lipinski definition) is 0. The van der Waals surface area contributed by atoms with Crippen LogP contribution in [0.2, 0.25) is 0 Å². The van der Waals surface area contributed by atoms with Crippen molar-refractivity contribution in [1.82, 2.24) is 32.5 Å². The zero-order chi connectivity index (χ0) is 34.9. The Kier molecular flexibility index (Phi) is 6.50. The van der Waals surface area contributed by atoms with E-state index in [1.807, 2.05) is 12.1 Å². The first kappa shape index (κ1) is 31.1. The van der Waals surface area contributed by atoms with Crippen LogP contribution in [0.4, 0.5) is 0 Å². The molecule has 258 valence electrons. The molecule has 7 aromatic carbocycles. The van der Waals surface area contributed by atoms with Gasteiger partial charge in [-0.15, -0.1) is 35.7 Å². The zero-order valence-corrected chi connectivity index (χ0v) is 31.5. The molecule has 0 aliphatic heterocycles. The summed E-state index contributed by atoms with van der Waals surface area (Å²) < 4.78 is 11.3. The summed E-state index contributed by atoms with van der Waals surface area (Å²) in [6.07, 6.45) is 0. The second-order valence-corrected chi connectivity index (χ2v) is 13.9. The smallest absolute Gasteiger partial charge is 0.358 e. The minimum atomic E-state index is 0. The van der Waals surface area contributed by atoms with Gasteiger partial charge in [0.25, 0.3) is 0 Å². The van der Waals surface area contributed by atoms with E-state index in [2.05, 4.69) is 176 Å². The van der Waals surface area contributed by atoms with Gasteiger partial charge in [-0.05, 0) is 85.0 Å². The van der Waals surface area contributed by atoms with E-state index in [0.717, 1.165) is 94.6 Å². The van der Waals surface area contributed by atoms with Gasteiger partial charge in [0, 0.05) is 5.52 Å². The molecule has 0 unspecified atom stereocenters. The van der Waals surface area contributed by atoms with Crippen molar-refractivity contribution in [2.45, 2.75) is 13.8 Å². The molecule has 12 rings (SSSR count). The predicted molar refractivity (Wildman–Crippen MR) is 214 cm³/mol. The molecule has 54 heavy (non-hydrogen) atoms. The van der Waals surface area contributed by atoms with Gasteiger partial charge in [0.2, 0.25) is 11.6 Å². The average Bonchev–Trinajstić information content (AvgIpc) is 3.98. The van der Waals surface area contributed by atoms with Crippen LogP contribution in [0.15, 0.2) is 140 Å². The van der Waals surface area contributed by atoms with E-state index >= 15 is 0 Å². The molecule has 5 aromatic heterocycles. The Bertz CT molecular complexity index is 3500. The van der Waals surface area contributed by atoms with Crippen molar-refractivity contribution in [2.75, 3.05) is 0 Å². The molecule has 8 heteroatoms. The maximum atomic E-state index is 5.17. The summed E-state index contributed by atoms with van der Waals surface area (Å²) in [5, 5.41) is 2.29. The Balaban J connectivity index is 0.00000341. The summed E-state index contributed by atoms with van der Waals surface area (Å²) in [5.74, 6) is 1.73. The van der Waals surface area contributed by atoms with Gasteiger partial charge in [-0.2, -0.15) is 12.1 Å². The van der Waals surface area contributed by atoms with Gasteiger partial charge in [0.05, 0.1) is 44.1 Å². The largest absolute Gasteiger partial charge is 2.00 e. The van der Waals surface area contributed by atoms with Crippen LogP contribution in [0, 0.1) is 26.0 Å². The fourth-order valence-electron chi connectivity index (χ4n) is 8.45. The number of rotatable bonds is 3. The topological polar surface area (TPSA) is 49.4 Å². The van der Waals surface area contributed by atoms with Crippen molar-refractivity contribution < 1.29 is 21.1 Å². The Morgan fingerprint density at radius 1 is 0.407 bits per heavy atom. The van der Waals surface area contributed by atoms with Gasteiger partial charge in [-0.25, -0.2) is 9.97 Å². The molecular formula is C46H29N7Pt. The Morgan fingerprint density at radius 3 is 1.63 bits per heavy atom. The van der Waals surface area contributed by atoms with Gasteiger partial charge >= 0.3 is 21.1 Å². The summed E-state index contributed by atoms with van der Waals surface area (Å²) in [7, 11) is 0. The number of imidazole rings is 4. The molecule has 0 aliphatic rings. The molecule has 5 heterocycles. The van der Waals surface area contributed by atoms with Crippen LogP contribution < -0.4 is 0 Å². The number of aromatic nitrogens is 7. The summed E-state index contributed by atoms with van der Waals surface area (Å²) in [6, 6.07) is 56.9. The van der Waals surface area contributed by atoms with Crippen LogP contribution in [0.25, 0.3) is 94.6 Å². The first-order chi connectivity index (χ1) is 26.1. The Hall–Kier alpha value is -6.43. The van der Waals surface area contributed by atoms with E-state index in [1.54, 1.807) is 0 Å². The van der Waals surface area contributed by atoms with Crippen LogP contribution >= 0.6 is 0 Å². The second-order valence-electron chi connectivity index (χ2n) is 13.9. The van der Waals surface area contributed by atoms with E-state index in [4.69, 9.17) is 9.97 Å². The van der Waals surface area contributed by atoms with Crippen LogP contribution in [-0.2, 0) is 21.1 Å². The fourth-order valence-corrected chi connectivity index (χ4v) is 8.45. The molecule has 0 fully saturated rings. The molecule has 0 saturated carbocycles. The molecule has 0 bridgehead atoms. The molecule has 0 saturated heterocycles. The molecule has 0 atom stereocenters. The molecular weight excluding hydrogens is 846 g/mol. The normalized spacial score (nSPS) is 12.1. The molecule has 12 aromatic rings. The first-order valence-electron chi connectivity index (χ1n) is 17.9. The van der Waals surface area contributed by atoms with Crippen LogP contribution in [0.3, 0.4) is 0 Å². The fraction of sp³-hybridized carbons (Fsp3) is 0.0435. The van der Waals surface area contributed by atoms with Crippen LogP contribution in [-0.4, -0.2) is 32.5 Å². The molecule has 0 spiro atoms. The Morgan fingerprint density at radius 2 is 0.926 bits per heavy atom. The number of aryl methyl sites for hydroxylation is 2. The zero-order valence-electron chi connectivity index (χ0n) is 29.2. The first-order valence-corrected chi connectivity index (χ1v) is 17.9. The maximum Gasteiger partial charge on any atom is 2.00 e. The molecule has 7 nitrogen and oxygen atoms in total. The minimum Gasteiger partial charge on any atom is -0.358 e. The van der Waals surface area contributed by atoms with Gasteiger partial charge < -0.3 is 13.7 Å². The number of benzene rings is 7. The molecule has 0 radical (unpaired) electrons. The second kappa shape index (κ2) is 11.3. The third kappa shape index (κ3) is 4.10. The molecule has 0 amide bonds. The van der Waals surface area contributed by atoms with Gasteiger partial charge in [-0.3, -0.25) is 8.80 Å². The van der Waals surface area contributed by atoms with Crippen molar-refractivity contribution in [3.8, 4) is 17.1 Å². The van der Waals surface area contributed by atoms with Gasteiger partial charge in [-0.1, -0.05) is 77.2 Å². The monoisotopic (exact) mass is 874 g/mol. The Labute approximate surface area is 323 Å². The van der Waals surface area contributed by atoms with Crippen molar-refractivity contribution in [2.24, 2.45) is 0 Å². The van der Waals surface area contributed by atoms with E-state index in [9.17, 15) is 0 Å². The third-order valence-electron chi connectivity index (χ3n) is 11.0. The van der Waals surface area contributed by atoms with Crippen molar-refractivity contribution in [3.63, 3.8) is 0 Å². The van der Waals surface area contributed by atoms with E-state index in [-0.39, 0.29) is 21.1 Å². The van der Waals surface area contributed by atoms with Gasteiger partial charge in [0.15, 0.2) is 0 Å². The SMILES string of the molecule is Cc1cc2c(cc1C)n1c3ccccc3nc1n2-c1[c-]c(-n2c3[c-]c(-n4c5ccccc5n5c6ccccc6nc45)ccc3c3ccccc32)ccc1.[Pt+2]. The summed E-state index contributed by atoms with van der Waals surface area (Å²) in [5.41, 5.74) is 15.8. The predicted octanol–water partition coefficient (Wildman–Crippen LogP) is 10.5. The molecule has 0 N–H and O–H groups in total. The van der Waals surface area contributed by atoms with Crippen molar-refractivity contribution >= 4 is 77.5 Å². The minimum absolute atomic E-state index is 0. The van der Waals surface area contributed by atoms with Crippen molar-refractivity contribution in [3.05, 3.63) is 163 Å². The standard InChI is InChI=1S/C46H29N7.Pt/c1-28-24-43-44(25-29(28)2)53-39-19-8-5-16-36(39)48-46(53)51(43)31-13-11-12-30(26-31)49-37-17-6-3-14-33(37)34-23-22-32(27-42(34)49)50-40-20-9-10-21-41(40)52-38-18-7-4-15-35(38)47-45(50)52;/h3-25H,1-2H3;/q-2;+2. The van der Waals surface area contributed by atoms with Crippen LogP contribution in [0.1, 0.15) is 11.1 Å². The van der Waals surface area contributed by atoms with E-state index < -0.39 is 0 Å². The number of hydrogen-bond acceptors (Lipinski definition) is 2. The number of para-hydroxylation sites is 7. The quantitative estimate of drug-likeness (QED) is 0.166. The summed E-state index contributed by atoms with van der Waals surface area (Å²) >= 11 is 0. The van der Waals surface area contributed by atoms with Crippen molar-refractivity contribution in [1.29, 1.82) is 0 Å². The summed E-state index contributed by atoms with van der Waals surface area (Å²) in [4.78, 5) is 10.3. The summed E-state index contributed by atoms with van der Waals surface area (Å²) in [6.45, 7) is 4.35. The van der Waals surface area contributed by atoms with Crippen LogP contribution in [0.5, 0.6) is 0 Å². The van der Waals surface area contributed by atoms with E-state index in [1.165, 1.54) is 11.1 Å². The molecule has 0 aliphatic carbocycles. The third-order valence-corrected chi connectivity index (χ3v) is 11.0. The van der Waals surface area contributed by atoms with E-state index in [0.29, 0.717) is 0 Å². The van der Waals surface area contributed by atoms with Gasteiger partial charge in [0.1, 0.15) is 0 Å². The maximum absolute atomic E-state index is 5.17. The average molecular weight is 875 g/mol.